The monoisotopic (exact) mass is 647 g/mol. The van der Waals surface area contributed by atoms with E-state index in [1.807, 2.05) is 6.92 Å². The van der Waals surface area contributed by atoms with Gasteiger partial charge >= 0.3 is 12.1 Å². The number of nitrogens with zero attached hydrogens (tertiary/aromatic N) is 5. The third kappa shape index (κ3) is 7.69. The van der Waals surface area contributed by atoms with Gasteiger partial charge in [-0.2, -0.15) is 4.68 Å². The Bertz CT molecular complexity index is 1740. The first kappa shape index (κ1) is 32.2. The molecule has 2 amide bonds. The molecule has 5 rings (SSSR count). The van der Waals surface area contributed by atoms with Crippen molar-refractivity contribution in [2.75, 3.05) is 24.4 Å². The molecule has 240 valence electrons. The average Bonchev–Trinajstić information content (AvgIpc) is 3.71. The zero-order valence-electron chi connectivity index (χ0n) is 25.5. The Labute approximate surface area is 269 Å². The highest BCUT2D eigenvalue weighted by molar-refractivity contribution is 6.30. The number of aryl methyl sites for hydroxylation is 1. The van der Waals surface area contributed by atoms with Gasteiger partial charge in [0.25, 0.3) is 0 Å². The lowest BCUT2D eigenvalue weighted by molar-refractivity contribution is -0.144. The fourth-order valence-corrected chi connectivity index (χ4v) is 5.39. The predicted molar refractivity (Wildman–Crippen MR) is 171 cm³/mol. The zero-order valence-corrected chi connectivity index (χ0v) is 26.3. The molecule has 4 aromatic rings. The number of hydrogen-bond donors (Lipinski definition) is 4. The van der Waals surface area contributed by atoms with Crippen LogP contribution in [0.2, 0.25) is 5.02 Å². The second kappa shape index (κ2) is 14.7. The molecule has 2 atom stereocenters. The van der Waals surface area contributed by atoms with Crippen molar-refractivity contribution in [2.24, 2.45) is 0 Å². The van der Waals surface area contributed by atoms with Crippen LogP contribution in [0.3, 0.4) is 0 Å². The number of fused-ring (bicyclic) bond motifs is 4. The van der Waals surface area contributed by atoms with Crippen LogP contribution >= 0.6 is 11.6 Å². The molecule has 0 radical (unpaired) electrons. The van der Waals surface area contributed by atoms with Crippen molar-refractivity contribution in [1.82, 2.24) is 35.5 Å². The molecule has 3 heterocycles. The van der Waals surface area contributed by atoms with Gasteiger partial charge in [-0.05, 0) is 79.6 Å². The lowest BCUT2D eigenvalue weighted by atomic mass is 10.0. The molecule has 0 aliphatic carbocycles. The maximum Gasteiger partial charge on any atom is 0.411 e. The molecular formula is C31H34ClN9O5. The van der Waals surface area contributed by atoms with E-state index in [2.05, 4.69) is 36.5 Å². The number of aromatic amines is 1. The SMILES string of the molecule is CCOC(=O)[C@H]1CCCC[C@H](NC(=O)C=Cc2cc(Cl)ccc2-n2cnnn2)c2nc(c(C)[nH]2)-c2ccc(NC(=O)OC)cc2N1. The highest BCUT2D eigenvalue weighted by Gasteiger charge is 2.26. The van der Waals surface area contributed by atoms with Gasteiger partial charge in [-0.3, -0.25) is 10.1 Å². The van der Waals surface area contributed by atoms with Crippen LogP contribution in [0.5, 0.6) is 0 Å². The van der Waals surface area contributed by atoms with Gasteiger partial charge < -0.3 is 25.1 Å². The molecule has 46 heavy (non-hydrogen) atoms. The van der Waals surface area contributed by atoms with Crippen LogP contribution in [-0.2, 0) is 19.1 Å². The number of halogens is 1. The van der Waals surface area contributed by atoms with E-state index >= 15 is 0 Å². The van der Waals surface area contributed by atoms with Crippen LogP contribution in [-0.4, -0.2) is 67.9 Å². The number of carbonyl (C=O) groups is 3. The van der Waals surface area contributed by atoms with Crippen LogP contribution in [0.25, 0.3) is 23.0 Å². The van der Waals surface area contributed by atoms with Gasteiger partial charge in [-0.1, -0.05) is 24.4 Å². The van der Waals surface area contributed by atoms with Gasteiger partial charge in [-0.25, -0.2) is 14.6 Å². The molecule has 2 aromatic heterocycles. The Kier molecular flexibility index (Phi) is 10.3. The summed E-state index contributed by atoms with van der Waals surface area (Å²) in [6, 6.07) is 9.36. The van der Waals surface area contributed by atoms with Crippen LogP contribution in [0.15, 0.2) is 48.8 Å². The van der Waals surface area contributed by atoms with Crippen molar-refractivity contribution >= 4 is 47.0 Å². The van der Waals surface area contributed by atoms with Gasteiger partial charge in [0, 0.05) is 39.3 Å². The first-order valence-corrected chi connectivity index (χ1v) is 15.1. The quantitative estimate of drug-likeness (QED) is 0.158. The predicted octanol–water partition coefficient (Wildman–Crippen LogP) is 4.98. The summed E-state index contributed by atoms with van der Waals surface area (Å²) < 4.78 is 11.6. The number of ether oxygens (including phenoxy) is 2. The molecular weight excluding hydrogens is 614 g/mol. The van der Waals surface area contributed by atoms with E-state index in [1.54, 1.807) is 49.4 Å². The van der Waals surface area contributed by atoms with E-state index in [-0.39, 0.29) is 18.5 Å². The summed E-state index contributed by atoms with van der Waals surface area (Å²) in [5.74, 6) is -0.120. The third-order valence-electron chi connectivity index (χ3n) is 7.39. The number of amides is 2. The van der Waals surface area contributed by atoms with Crippen molar-refractivity contribution in [3.8, 4) is 16.9 Å². The second-order valence-corrected chi connectivity index (χ2v) is 11.0. The van der Waals surface area contributed by atoms with Gasteiger partial charge in [0.05, 0.1) is 31.1 Å². The van der Waals surface area contributed by atoms with Gasteiger partial charge in [-0.15, -0.1) is 5.10 Å². The summed E-state index contributed by atoms with van der Waals surface area (Å²) in [4.78, 5) is 46.4. The number of carbonyl (C=O) groups excluding carboxylic acids is 3. The summed E-state index contributed by atoms with van der Waals surface area (Å²) >= 11 is 6.23. The van der Waals surface area contributed by atoms with Crippen molar-refractivity contribution < 1.29 is 23.9 Å². The maximum atomic E-state index is 13.3. The number of imidazole rings is 1. The van der Waals surface area contributed by atoms with E-state index in [4.69, 9.17) is 26.1 Å². The molecule has 0 fully saturated rings. The first-order valence-electron chi connectivity index (χ1n) is 14.8. The van der Waals surface area contributed by atoms with Gasteiger partial charge in [0.2, 0.25) is 5.91 Å². The minimum Gasteiger partial charge on any atom is -0.464 e. The second-order valence-electron chi connectivity index (χ2n) is 10.6. The molecule has 1 aliphatic rings. The van der Waals surface area contributed by atoms with Gasteiger partial charge in [0.15, 0.2) is 0 Å². The van der Waals surface area contributed by atoms with Crippen molar-refractivity contribution in [1.29, 1.82) is 0 Å². The Hall–Kier alpha value is -5.24. The lowest BCUT2D eigenvalue weighted by Crippen LogP contribution is -2.32. The van der Waals surface area contributed by atoms with Crippen LogP contribution in [0.1, 0.15) is 55.7 Å². The third-order valence-corrected chi connectivity index (χ3v) is 7.63. The molecule has 15 heteroatoms. The minimum atomic E-state index is -0.645. The Morgan fingerprint density at radius 3 is 2.74 bits per heavy atom. The summed E-state index contributed by atoms with van der Waals surface area (Å²) in [7, 11) is 1.28. The molecule has 2 aromatic carbocycles. The Balaban J connectivity index is 1.45. The number of hydrogen-bond acceptors (Lipinski definition) is 10. The smallest absolute Gasteiger partial charge is 0.411 e. The molecule has 1 aliphatic heterocycles. The molecule has 0 spiro atoms. The number of esters is 1. The summed E-state index contributed by atoms with van der Waals surface area (Å²) in [6.45, 7) is 3.88. The Morgan fingerprint density at radius 1 is 1.15 bits per heavy atom. The van der Waals surface area contributed by atoms with E-state index in [0.29, 0.717) is 70.4 Å². The number of aromatic nitrogens is 6. The molecule has 0 unspecified atom stereocenters. The number of anilines is 2. The highest BCUT2D eigenvalue weighted by atomic mass is 35.5. The molecule has 4 N–H and O–H groups in total. The fourth-order valence-electron chi connectivity index (χ4n) is 5.21. The standard InChI is InChI=1S/C31H34ClN9O5/c1-4-46-30(43)24-8-6-5-7-23(37-27(42)14-9-19-15-20(32)10-13-26(19)41-17-33-39-40-41)29-34-18(2)28(38-29)22-12-11-21(16-25(22)36-24)35-31(44)45-3/h9-17,23-24,36H,4-8H2,1-3H3,(H,34,38)(H,35,44)(H,37,42)/t23-,24+/m0/s1. The summed E-state index contributed by atoms with van der Waals surface area (Å²) in [5, 5.41) is 20.9. The summed E-state index contributed by atoms with van der Waals surface area (Å²) in [6.07, 6.45) is 6.33. The minimum absolute atomic E-state index is 0.240. The normalized spacial score (nSPS) is 16.3. The number of H-pyrrole nitrogens is 1. The lowest BCUT2D eigenvalue weighted by Gasteiger charge is -2.22. The number of nitrogens with one attached hydrogen (secondary N) is 4. The first-order chi connectivity index (χ1) is 22.2. The molecule has 0 saturated heterocycles. The van der Waals surface area contributed by atoms with E-state index < -0.39 is 18.2 Å². The van der Waals surface area contributed by atoms with Crippen molar-refractivity contribution in [2.45, 2.75) is 51.6 Å². The molecule has 2 bridgehead atoms. The molecule has 14 nitrogen and oxygen atoms in total. The number of methoxy groups -OCH3 is 1. The van der Waals surface area contributed by atoms with Gasteiger partial charge in [0.1, 0.15) is 18.2 Å². The topological polar surface area (TPSA) is 178 Å². The van der Waals surface area contributed by atoms with E-state index in [0.717, 1.165) is 5.69 Å². The highest BCUT2D eigenvalue weighted by Crippen LogP contribution is 2.35. The van der Waals surface area contributed by atoms with E-state index in [9.17, 15) is 14.4 Å². The number of rotatable bonds is 7. The van der Waals surface area contributed by atoms with Crippen LogP contribution in [0.4, 0.5) is 16.2 Å². The summed E-state index contributed by atoms with van der Waals surface area (Å²) in [5.41, 5.74) is 4.46. The van der Waals surface area contributed by atoms with Crippen molar-refractivity contribution in [3.05, 3.63) is 70.9 Å². The maximum absolute atomic E-state index is 13.3. The fraction of sp³-hybridized carbons (Fsp3) is 0.323. The molecule has 0 saturated carbocycles. The van der Waals surface area contributed by atoms with E-state index in [1.165, 1.54) is 24.2 Å². The van der Waals surface area contributed by atoms with Crippen LogP contribution in [0, 0.1) is 6.92 Å². The number of benzene rings is 2. The zero-order chi connectivity index (χ0) is 32.6. The van der Waals surface area contributed by atoms with Crippen LogP contribution < -0.4 is 16.0 Å². The number of tetrazole rings is 1. The van der Waals surface area contributed by atoms with Crippen molar-refractivity contribution in [3.63, 3.8) is 0 Å². The average molecular weight is 648 g/mol. The largest absolute Gasteiger partial charge is 0.464 e. The Morgan fingerprint density at radius 2 is 1.98 bits per heavy atom.